The Morgan fingerprint density at radius 3 is 2.46 bits per heavy atom. The maximum atomic E-state index is 12.1. The van der Waals surface area contributed by atoms with E-state index in [1.807, 2.05) is 24.3 Å². The Morgan fingerprint density at radius 2 is 1.81 bits per heavy atom. The van der Waals surface area contributed by atoms with E-state index in [2.05, 4.69) is 10.2 Å². The van der Waals surface area contributed by atoms with Gasteiger partial charge in [-0.3, -0.25) is 9.59 Å². The Hall–Kier alpha value is -2.53. The summed E-state index contributed by atoms with van der Waals surface area (Å²) in [5.74, 6) is -0.440. The fraction of sp³-hybridized carbons (Fsp3) is 0.300. The van der Waals surface area contributed by atoms with Gasteiger partial charge in [0.2, 0.25) is 5.91 Å². The molecule has 2 aromatic rings. The number of hydrogen-bond acceptors (Lipinski definition) is 3. The summed E-state index contributed by atoms with van der Waals surface area (Å²) in [6, 6.07) is 14.8. The van der Waals surface area contributed by atoms with E-state index >= 15 is 0 Å². The molecule has 0 bridgehead atoms. The lowest BCUT2D eigenvalue weighted by atomic mass is 9.97. The quantitative estimate of drug-likeness (QED) is 0.848. The number of hydrogen-bond donors (Lipinski definition) is 2. The molecule has 0 aromatic heterocycles. The van der Waals surface area contributed by atoms with Gasteiger partial charge in [-0.05, 0) is 54.8 Å². The first-order chi connectivity index (χ1) is 12.5. The number of primary amides is 1. The van der Waals surface area contributed by atoms with E-state index < -0.39 is 0 Å². The summed E-state index contributed by atoms with van der Waals surface area (Å²) in [4.78, 5) is 25.7. The number of carbonyl (C=O) groups excluding carboxylic acids is 2. The first-order valence-electron chi connectivity index (χ1n) is 8.70. The molecule has 0 spiro atoms. The number of benzene rings is 2. The van der Waals surface area contributed by atoms with Gasteiger partial charge in [0.1, 0.15) is 0 Å². The van der Waals surface area contributed by atoms with Gasteiger partial charge in [0.25, 0.3) is 5.91 Å². The van der Waals surface area contributed by atoms with Crippen molar-refractivity contribution in [3.8, 4) is 0 Å². The highest BCUT2D eigenvalue weighted by Crippen LogP contribution is 2.23. The molecular formula is C20H22ClN3O2. The minimum Gasteiger partial charge on any atom is -0.371 e. The fourth-order valence-electron chi connectivity index (χ4n) is 3.15. The van der Waals surface area contributed by atoms with E-state index in [1.54, 1.807) is 24.3 Å². The molecule has 0 saturated carbocycles. The molecule has 136 valence electrons. The molecule has 1 aliphatic heterocycles. The summed E-state index contributed by atoms with van der Waals surface area (Å²) in [6.07, 6.45) is 1.83. The smallest absolute Gasteiger partial charge is 0.251 e. The molecule has 0 radical (unpaired) electrons. The summed E-state index contributed by atoms with van der Waals surface area (Å²) in [7, 11) is 0. The maximum absolute atomic E-state index is 12.1. The molecule has 3 rings (SSSR count). The maximum Gasteiger partial charge on any atom is 0.251 e. The minimum atomic E-state index is -0.226. The zero-order valence-electron chi connectivity index (χ0n) is 14.5. The normalized spacial score (nSPS) is 17.0. The molecule has 1 unspecified atom stereocenters. The standard InChI is InChI=1S/C20H22ClN3O2/c21-17-7-5-15(6-8-17)20(26)23-12-14-3-9-18(10-4-14)24-11-1-2-16(13-24)19(22)25/h3-10,16H,1-2,11-13H2,(H2,22,25)(H,23,26). The lowest BCUT2D eigenvalue weighted by Gasteiger charge is -2.33. The van der Waals surface area contributed by atoms with E-state index in [4.69, 9.17) is 17.3 Å². The van der Waals surface area contributed by atoms with Crippen LogP contribution in [0, 0.1) is 5.92 Å². The molecule has 1 aliphatic rings. The topological polar surface area (TPSA) is 75.4 Å². The van der Waals surface area contributed by atoms with Crippen molar-refractivity contribution in [3.05, 3.63) is 64.7 Å². The average Bonchev–Trinajstić information content (AvgIpc) is 2.67. The fourth-order valence-corrected chi connectivity index (χ4v) is 3.28. The molecule has 0 aliphatic carbocycles. The second kappa shape index (κ2) is 8.23. The molecule has 2 amide bonds. The number of nitrogens with two attached hydrogens (primary N) is 1. The van der Waals surface area contributed by atoms with Crippen LogP contribution in [0.3, 0.4) is 0 Å². The monoisotopic (exact) mass is 371 g/mol. The molecule has 1 atom stereocenters. The Morgan fingerprint density at radius 1 is 1.12 bits per heavy atom. The second-order valence-electron chi connectivity index (χ2n) is 6.54. The van der Waals surface area contributed by atoms with Crippen LogP contribution in [-0.4, -0.2) is 24.9 Å². The van der Waals surface area contributed by atoms with Crippen molar-refractivity contribution in [2.24, 2.45) is 11.7 Å². The third-order valence-electron chi connectivity index (χ3n) is 4.68. The lowest BCUT2D eigenvalue weighted by Crippen LogP contribution is -2.41. The number of anilines is 1. The van der Waals surface area contributed by atoms with Gasteiger partial charge in [0.15, 0.2) is 0 Å². The van der Waals surface area contributed by atoms with Crippen LogP contribution < -0.4 is 16.0 Å². The first-order valence-corrected chi connectivity index (χ1v) is 9.07. The van der Waals surface area contributed by atoms with Gasteiger partial charge in [-0.25, -0.2) is 0 Å². The number of nitrogens with zero attached hydrogens (tertiary/aromatic N) is 1. The number of piperidine rings is 1. The molecule has 5 nitrogen and oxygen atoms in total. The SMILES string of the molecule is NC(=O)C1CCCN(c2ccc(CNC(=O)c3ccc(Cl)cc3)cc2)C1. The van der Waals surface area contributed by atoms with Gasteiger partial charge in [0, 0.05) is 35.9 Å². The van der Waals surface area contributed by atoms with Gasteiger partial charge in [-0.2, -0.15) is 0 Å². The summed E-state index contributed by atoms with van der Waals surface area (Å²) >= 11 is 5.83. The van der Waals surface area contributed by atoms with E-state index in [0.29, 0.717) is 23.7 Å². The van der Waals surface area contributed by atoms with Crippen LogP contribution in [0.15, 0.2) is 48.5 Å². The van der Waals surface area contributed by atoms with Gasteiger partial charge in [-0.15, -0.1) is 0 Å². The number of carbonyl (C=O) groups is 2. The second-order valence-corrected chi connectivity index (χ2v) is 6.98. The van der Waals surface area contributed by atoms with Crippen molar-refractivity contribution in [1.29, 1.82) is 0 Å². The van der Waals surface area contributed by atoms with Crippen molar-refractivity contribution in [2.45, 2.75) is 19.4 Å². The predicted molar refractivity (Wildman–Crippen MR) is 103 cm³/mol. The van der Waals surface area contributed by atoms with Crippen molar-refractivity contribution in [3.63, 3.8) is 0 Å². The predicted octanol–water partition coefficient (Wildman–Crippen LogP) is 2.97. The zero-order valence-corrected chi connectivity index (χ0v) is 15.2. The Balaban J connectivity index is 1.56. The van der Waals surface area contributed by atoms with Crippen LogP contribution >= 0.6 is 11.6 Å². The van der Waals surface area contributed by atoms with Crippen LogP contribution in [0.4, 0.5) is 5.69 Å². The molecule has 1 fully saturated rings. The van der Waals surface area contributed by atoms with Gasteiger partial charge in [0.05, 0.1) is 5.92 Å². The van der Waals surface area contributed by atoms with Crippen LogP contribution in [0.25, 0.3) is 0 Å². The third-order valence-corrected chi connectivity index (χ3v) is 4.94. The summed E-state index contributed by atoms with van der Waals surface area (Å²) in [6.45, 7) is 2.05. The van der Waals surface area contributed by atoms with Crippen LogP contribution in [0.5, 0.6) is 0 Å². The number of nitrogens with one attached hydrogen (secondary N) is 1. The van der Waals surface area contributed by atoms with E-state index in [1.165, 1.54) is 0 Å². The molecule has 6 heteroatoms. The van der Waals surface area contributed by atoms with Crippen LogP contribution in [-0.2, 0) is 11.3 Å². The van der Waals surface area contributed by atoms with Crippen molar-refractivity contribution in [1.82, 2.24) is 5.32 Å². The Kier molecular flexibility index (Phi) is 5.78. The minimum absolute atomic E-state index is 0.0814. The highest BCUT2D eigenvalue weighted by molar-refractivity contribution is 6.30. The average molecular weight is 372 g/mol. The molecular weight excluding hydrogens is 350 g/mol. The molecule has 26 heavy (non-hydrogen) atoms. The Bertz CT molecular complexity index is 775. The summed E-state index contributed by atoms with van der Waals surface area (Å²) in [5.41, 5.74) is 8.11. The van der Waals surface area contributed by atoms with Gasteiger partial charge < -0.3 is 16.0 Å². The molecule has 3 N–H and O–H groups in total. The third kappa shape index (κ3) is 4.55. The van der Waals surface area contributed by atoms with E-state index in [-0.39, 0.29) is 17.7 Å². The molecule has 1 saturated heterocycles. The number of amides is 2. The largest absolute Gasteiger partial charge is 0.371 e. The van der Waals surface area contributed by atoms with Crippen molar-refractivity contribution >= 4 is 29.1 Å². The summed E-state index contributed by atoms with van der Waals surface area (Å²) in [5, 5.41) is 3.50. The van der Waals surface area contributed by atoms with Crippen molar-refractivity contribution in [2.75, 3.05) is 18.0 Å². The van der Waals surface area contributed by atoms with Crippen LogP contribution in [0.2, 0.25) is 5.02 Å². The lowest BCUT2D eigenvalue weighted by molar-refractivity contribution is -0.122. The van der Waals surface area contributed by atoms with E-state index in [0.717, 1.165) is 30.6 Å². The van der Waals surface area contributed by atoms with Gasteiger partial charge in [-0.1, -0.05) is 23.7 Å². The number of halogens is 1. The highest BCUT2D eigenvalue weighted by atomic mass is 35.5. The molecule has 2 aromatic carbocycles. The van der Waals surface area contributed by atoms with Crippen LogP contribution in [0.1, 0.15) is 28.8 Å². The molecule has 1 heterocycles. The van der Waals surface area contributed by atoms with Crippen molar-refractivity contribution < 1.29 is 9.59 Å². The number of rotatable bonds is 5. The highest BCUT2D eigenvalue weighted by Gasteiger charge is 2.24. The summed E-state index contributed by atoms with van der Waals surface area (Å²) < 4.78 is 0. The van der Waals surface area contributed by atoms with Gasteiger partial charge >= 0.3 is 0 Å². The Labute approximate surface area is 158 Å². The van der Waals surface area contributed by atoms with E-state index in [9.17, 15) is 9.59 Å². The zero-order chi connectivity index (χ0) is 18.5. The first kappa shape index (κ1) is 18.3.